The van der Waals surface area contributed by atoms with E-state index in [9.17, 15) is 5.11 Å². The van der Waals surface area contributed by atoms with Crippen molar-refractivity contribution in [2.24, 2.45) is 0 Å². The topological polar surface area (TPSA) is 33.1 Å². The molecule has 0 bridgehead atoms. The summed E-state index contributed by atoms with van der Waals surface area (Å²) in [4.78, 5) is 3.86. The molecule has 1 aromatic rings. The highest BCUT2D eigenvalue weighted by atomic mass is 16.3. The van der Waals surface area contributed by atoms with Crippen LogP contribution in [0.3, 0.4) is 0 Å². The van der Waals surface area contributed by atoms with E-state index in [0.29, 0.717) is 0 Å². The Hall–Kier alpha value is -1.37. The van der Waals surface area contributed by atoms with Gasteiger partial charge in [-0.1, -0.05) is 12.6 Å². The summed E-state index contributed by atoms with van der Waals surface area (Å²) < 4.78 is 0. The lowest BCUT2D eigenvalue weighted by atomic mass is 10.2. The van der Waals surface area contributed by atoms with Gasteiger partial charge in [0, 0.05) is 18.0 Å². The first-order valence-electron chi connectivity index (χ1n) is 3.28. The molecule has 0 aliphatic heterocycles. The Morgan fingerprint density at radius 1 is 1.73 bits per heavy atom. The summed E-state index contributed by atoms with van der Waals surface area (Å²) in [7, 11) is 0. The molecule has 1 unspecified atom stereocenters. The maximum absolute atomic E-state index is 9.32. The van der Waals surface area contributed by atoms with Gasteiger partial charge in [0.25, 0.3) is 0 Å². The third-order valence-electron chi connectivity index (χ3n) is 1.30. The van der Waals surface area contributed by atoms with Gasteiger partial charge >= 0.3 is 0 Å². The summed E-state index contributed by atoms with van der Waals surface area (Å²) in [5.74, 6) is 0. The molecule has 1 rings (SSSR count). The SMILES string of the molecule is C=C=CC(O)c1cccnc1. The van der Waals surface area contributed by atoms with Gasteiger partial charge in [-0.25, -0.2) is 0 Å². The van der Waals surface area contributed by atoms with Gasteiger partial charge in [0.1, 0.15) is 6.10 Å². The lowest BCUT2D eigenvalue weighted by Gasteiger charge is -2.01. The van der Waals surface area contributed by atoms with E-state index in [2.05, 4.69) is 17.3 Å². The molecular formula is C9H9NO. The first kappa shape index (κ1) is 7.73. The van der Waals surface area contributed by atoms with Crippen LogP contribution in [-0.2, 0) is 0 Å². The van der Waals surface area contributed by atoms with Gasteiger partial charge in [0.2, 0.25) is 0 Å². The molecule has 0 amide bonds. The molecule has 1 heterocycles. The van der Waals surface area contributed by atoms with E-state index in [1.807, 2.05) is 0 Å². The summed E-state index contributed by atoms with van der Waals surface area (Å²) in [5, 5.41) is 9.32. The minimum absolute atomic E-state index is 0.638. The number of hydrogen-bond donors (Lipinski definition) is 1. The molecule has 0 aromatic carbocycles. The van der Waals surface area contributed by atoms with Crippen molar-refractivity contribution in [2.75, 3.05) is 0 Å². The molecule has 2 heteroatoms. The van der Waals surface area contributed by atoms with Crippen LogP contribution in [-0.4, -0.2) is 10.1 Å². The van der Waals surface area contributed by atoms with Gasteiger partial charge in [-0.05, 0) is 12.1 Å². The average Bonchev–Trinajstić information content (AvgIpc) is 2.07. The van der Waals surface area contributed by atoms with Crippen molar-refractivity contribution in [3.63, 3.8) is 0 Å². The maximum Gasteiger partial charge on any atom is 0.106 e. The quantitative estimate of drug-likeness (QED) is 0.642. The van der Waals surface area contributed by atoms with Gasteiger partial charge in [0.05, 0.1) is 0 Å². The third-order valence-corrected chi connectivity index (χ3v) is 1.30. The molecule has 0 saturated heterocycles. The molecule has 0 aliphatic carbocycles. The van der Waals surface area contributed by atoms with E-state index in [-0.39, 0.29) is 0 Å². The maximum atomic E-state index is 9.32. The highest BCUT2D eigenvalue weighted by molar-refractivity contribution is 5.15. The van der Waals surface area contributed by atoms with Crippen molar-refractivity contribution in [3.05, 3.63) is 48.5 Å². The first-order valence-corrected chi connectivity index (χ1v) is 3.28. The van der Waals surface area contributed by atoms with Gasteiger partial charge in [-0.3, -0.25) is 4.98 Å². The highest BCUT2D eigenvalue weighted by Gasteiger charge is 2.00. The highest BCUT2D eigenvalue weighted by Crippen LogP contribution is 2.10. The standard InChI is InChI=1S/C9H9NO/c1-2-4-9(11)8-5-3-6-10-7-8/h3-7,9,11H,1H2. The fraction of sp³-hybridized carbons (Fsp3) is 0.111. The number of hydrogen-bond acceptors (Lipinski definition) is 2. The van der Waals surface area contributed by atoms with Crippen molar-refractivity contribution in [3.8, 4) is 0 Å². The number of nitrogens with zero attached hydrogens (tertiary/aromatic N) is 1. The van der Waals surface area contributed by atoms with E-state index < -0.39 is 6.10 Å². The van der Waals surface area contributed by atoms with E-state index in [0.717, 1.165) is 5.56 Å². The molecular weight excluding hydrogens is 138 g/mol. The van der Waals surface area contributed by atoms with Crippen LogP contribution in [0.15, 0.2) is 42.9 Å². The molecule has 2 nitrogen and oxygen atoms in total. The zero-order chi connectivity index (χ0) is 8.10. The summed E-state index contributed by atoms with van der Waals surface area (Å²) in [6.45, 7) is 3.37. The van der Waals surface area contributed by atoms with E-state index in [4.69, 9.17) is 0 Å². The Labute approximate surface area is 65.5 Å². The molecule has 0 fully saturated rings. The number of rotatable bonds is 2. The van der Waals surface area contributed by atoms with Crippen molar-refractivity contribution in [1.82, 2.24) is 4.98 Å². The molecule has 0 saturated carbocycles. The van der Waals surface area contributed by atoms with Crippen LogP contribution >= 0.6 is 0 Å². The zero-order valence-electron chi connectivity index (χ0n) is 6.07. The van der Waals surface area contributed by atoms with Crippen LogP contribution in [0.5, 0.6) is 0 Å². The van der Waals surface area contributed by atoms with Gasteiger partial charge in [-0.2, -0.15) is 0 Å². The molecule has 0 aliphatic rings. The molecule has 1 N–H and O–H groups in total. The molecule has 1 aromatic heterocycles. The molecule has 0 spiro atoms. The molecule has 56 valence electrons. The van der Waals surface area contributed by atoms with Crippen molar-refractivity contribution < 1.29 is 5.11 Å². The fourth-order valence-corrected chi connectivity index (χ4v) is 0.759. The lowest BCUT2D eigenvalue weighted by molar-refractivity contribution is 0.228. The second kappa shape index (κ2) is 3.71. The minimum atomic E-state index is -0.638. The van der Waals surface area contributed by atoms with E-state index >= 15 is 0 Å². The normalized spacial score (nSPS) is 11.7. The molecule has 11 heavy (non-hydrogen) atoms. The summed E-state index contributed by atoms with van der Waals surface area (Å²) in [6, 6.07) is 3.57. The number of aliphatic hydroxyl groups excluding tert-OH is 1. The summed E-state index contributed by atoms with van der Waals surface area (Å²) in [6.07, 6.45) is 4.12. The Balaban J connectivity index is 2.84. The van der Waals surface area contributed by atoms with Crippen LogP contribution in [0.25, 0.3) is 0 Å². The van der Waals surface area contributed by atoms with Crippen molar-refractivity contribution in [1.29, 1.82) is 0 Å². The van der Waals surface area contributed by atoms with Crippen LogP contribution in [0.1, 0.15) is 11.7 Å². The van der Waals surface area contributed by atoms with Crippen molar-refractivity contribution in [2.45, 2.75) is 6.10 Å². The van der Waals surface area contributed by atoms with E-state index in [1.165, 1.54) is 6.08 Å². The van der Waals surface area contributed by atoms with Crippen LogP contribution in [0.2, 0.25) is 0 Å². The zero-order valence-corrected chi connectivity index (χ0v) is 6.07. The second-order valence-electron chi connectivity index (χ2n) is 2.10. The number of pyridine rings is 1. The van der Waals surface area contributed by atoms with Gasteiger partial charge in [0.15, 0.2) is 0 Å². The largest absolute Gasteiger partial charge is 0.384 e. The van der Waals surface area contributed by atoms with Gasteiger partial charge < -0.3 is 5.11 Å². The van der Waals surface area contributed by atoms with Gasteiger partial charge in [-0.15, -0.1) is 5.73 Å². The average molecular weight is 147 g/mol. The third kappa shape index (κ3) is 2.04. The second-order valence-corrected chi connectivity index (χ2v) is 2.10. The van der Waals surface area contributed by atoms with Crippen LogP contribution in [0.4, 0.5) is 0 Å². The Morgan fingerprint density at radius 3 is 3.09 bits per heavy atom. The number of aromatic nitrogens is 1. The smallest absolute Gasteiger partial charge is 0.106 e. The predicted molar refractivity (Wildman–Crippen MR) is 42.9 cm³/mol. The molecule has 0 radical (unpaired) electrons. The monoisotopic (exact) mass is 147 g/mol. The summed E-state index contributed by atoms with van der Waals surface area (Å²) >= 11 is 0. The predicted octanol–water partition coefficient (Wildman–Crippen LogP) is 1.46. The number of aliphatic hydroxyl groups is 1. The van der Waals surface area contributed by atoms with Crippen LogP contribution in [0, 0.1) is 0 Å². The lowest BCUT2D eigenvalue weighted by Crippen LogP contribution is -1.91. The van der Waals surface area contributed by atoms with E-state index in [1.54, 1.807) is 24.5 Å². The van der Waals surface area contributed by atoms with Crippen LogP contribution < -0.4 is 0 Å². The van der Waals surface area contributed by atoms with Crippen molar-refractivity contribution >= 4 is 0 Å². The Morgan fingerprint density at radius 2 is 2.55 bits per heavy atom. The fourth-order valence-electron chi connectivity index (χ4n) is 0.759. The molecule has 1 atom stereocenters. The summed E-state index contributed by atoms with van der Waals surface area (Å²) in [5.41, 5.74) is 3.27. The Kier molecular flexibility index (Phi) is 2.61. The minimum Gasteiger partial charge on any atom is -0.384 e. The first-order chi connectivity index (χ1) is 5.34. The Bertz CT molecular complexity index is 262.